The van der Waals surface area contributed by atoms with Crippen LogP contribution in [0.1, 0.15) is 20.7 Å². The summed E-state index contributed by atoms with van der Waals surface area (Å²) >= 11 is 0. The molecule has 2 heterocycles. The molecule has 0 amide bonds. The molecule has 2 aliphatic heterocycles. The average molecular weight is 250 g/mol. The number of benzene rings is 1. The standard InChI is InChI=1S/C15H10N2O2/c18-14-9-5-1-2-6-10(9)15(19)13-12(14)16-11-7-3-4-8-17(11)13/h1-8,12-13H/t12-,13+/m1/s1. The molecule has 0 saturated carbocycles. The van der Waals surface area contributed by atoms with E-state index in [9.17, 15) is 9.59 Å². The van der Waals surface area contributed by atoms with E-state index in [1.54, 1.807) is 29.2 Å². The summed E-state index contributed by atoms with van der Waals surface area (Å²) in [4.78, 5) is 31.2. The highest BCUT2D eigenvalue weighted by Gasteiger charge is 2.48. The fourth-order valence-electron chi connectivity index (χ4n) is 2.86. The van der Waals surface area contributed by atoms with Crippen LogP contribution in [0.25, 0.3) is 0 Å². The van der Waals surface area contributed by atoms with Gasteiger partial charge in [-0.05, 0) is 12.2 Å². The van der Waals surface area contributed by atoms with Crippen LogP contribution in [0.15, 0.2) is 53.7 Å². The van der Waals surface area contributed by atoms with Gasteiger partial charge < -0.3 is 4.90 Å². The number of carbonyl (C=O) groups is 2. The van der Waals surface area contributed by atoms with Gasteiger partial charge in [0.25, 0.3) is 0 Å². The fraction of sp³-hybridized carbons (Fsp3) is 0.133. The lowest BCUT2D eigenvalue weighted by Crippen LogP contribution is -2.49. The van der Waals surface area contributed by atoms with E-state index < -0.39 is 12.1 Å². The molecule has 0 aromatic heterocycles. The smallest absolute Gasteiger partial charge is 0.190 e. The SMILES string of the molecule is O=C1c2ccccc2C(=O)[C@@H]2N=C3C=CC=CN3[C@H]12. The highest BCUT2D eigenvalue weighted by atomic mass is 16.1. The molecule has 0 N–H and O–H groups in total. The van der Waals surface area contributed by atoms with Crippen LogP contribution in [0.5, 0.6) is 0 Å². The van der Waals surface area contributed by atoms with Crippen LogP contribution in [0.3, 0.4) is 0 Å². The van der Waals surface area contributed by atoms with E-state index in [2.05, 4.69) is 4.99 Å². The first kappa shape index (κ1) is 10.4. The van der Waals surface area contributed by atoms with Crippen molar-refractivity contribution in [3.63, 3.8) is 0 Å². The van der Waals surface area contributed by atoms with E-state index in [-0.39, 0.29) is 11.6 Å². The lowest BCUT2D eigenvalue weighted by molar-refractivity contribution is 0.0806. The number of carbonyl (C=O) groups excluding carboxylic acids is 2. The van der Waals surface area contributed by atoms with Gasteiger partial charge in [-0.3, -0.25) is 14.6 Å². The maximum Gasteiger partial charge on any atom is 0.190 e. The number of fused-ring (bicyclic) bond motifs is 4. The van der Waals surface area contributed by atoms with Gasteiger partial charge in [0, 0.05) is 17.3 Å². The number of Topliss-reactive ketones (excluding diaryl/α,β-unsaturated/α-hetero) is 2. The van der Waals surface area contributed by atoms with Gasteiger partial charge in [-0.25, -0.2) is 0 Å². The minimum atomic E-state index is -0.607. The van der Waals surface area contributed by atoms with Crippen molar-refractivity contribution in [2.75, 3.05) is 0 Å². The first-order valence-electron chi connectivity index (χ1n) is 6.16. The summed E-state index contributed by atoms with van der Waals surface area (Å²) in [6.45, 7) is 0. The van der Waals surface area contributed by atoms with E-state index in [4.69, 9.17) is 0 Å². The van der Waals surface area contributed by atoms with Crippen molar-refractivity contribution in [1.82, 2.24) is 4.90 Å². The Morgan fingerprint density at radius 3 is 2.53 bits per heavy atom. The van der Waals surface area contributed by atoms with Crippen LogP contribution in [0.4, 0.5) is 0 Å². The molecule has 0 bridgehead atoms. The molecule has 0 fully saturated rings. The molecule has 3 aliphatic rings. The van der Waals surface area contributed by atoms with E-state index in [1.807, 2.05) is 24.4 Å². The fourth-order valence-corrected chi connectivity index (χ4v) is 2.86. The third-order valence-electron chi connectivity index (χ3n) is 3.73. The first-order chi connectivity index (χ1) is 9.27. The highest BCUT2D eigenvalue weighted by molar-refractivity contribution is 6.22. The molecular weight excluding hydrogens is 240 g/mol. The second-order valence-electron chi connectivity index (χ2n) is 4.76. The van der Waals surface area contributed by atoms with Gasteiger partial charge in [-0.2, -0.15) is 0 Å². The van der Waals surface area contributed by atoms with Crippen LogP contribution in [-0.2, 0) is 0 Å². The molecule has 1 aromatic carbocycles. The number of ketones is 2. The number of amidine groups is 1. The van der Waals surface area contributed by atoms with Crippen LogP contribution in [-0.4, -0.2) is 34.4 Å². The predicted octanol–water partition coefficient (Wildman–Crippen LogP) is 1.60. The van der Waals surface area contributed by atoms with E-state index >= 15 is 0 Å². The summed E-state index contributed by atoms with van der Waals surface area (Å²) in [5.41, 5.74) is 0.999. The summed E-state index contributed by atoms with van der Waals surface area (Å²) < 4.78 is 0. The Hall–Kier alpha value is -2.49. The van der Waals surface area contributed by atoms with Crippen molar-refractivity contribution in [1.29, 1.82) is 0 Å². The Morgan fingerprint density at radius 2 is 1.74 bits per heavy atom. The zero-order valence-electron chi connectivity index (χ0n) is 9.98. The van der Waals surface area contributed by atoms with E-state index in [0.29, 0.717) is 17.0 Å². The molecule has 0 saturated heterocycles. The Morgan fingerprint density at radius 1 is 1.00 bits per heavy atom. The maximum absolute atomic E-state index is 12.6. The third-order valence-corrected chi connectivity index (χ3v) is 3.73. The lowest BCUT2D eigenvalue weighted by atomic mass is 9.83. The summed E-state index contributed by atoms with van der Waals surface area (Å²) in [6.07, 6.45) is 7.33. The average Bonchev–Trinajstić information content (AvgIpc) is 2.84. The van der Waals surface area contributed by atoms with Crippen molar-refractivity contribution in [2.45, 2.75) is 12.1 Å². The van der Waals surface area contributed by atoms with Crippen LogP contribution in [0.2, 0.25) is 0 Å². The maximum atomic E-state index is 12.6. The highest BCUT2D eigenvalue weighted by Crippen LogP contribution is 2.32. The number of hydrogen-bond donors (Lipinski definition) is 0. The van der Waals surface area contributed by atoms with E-state index in [1.165, 1.54) is 0 Å². The van der Waals surface area contributed by atoms with Crippen molar-refractivity contribution in [3.8, 4) is 0 Å². The Kier molecular flexibility index (Phi) is 1.93. The van der Waals surface area contributed by atoms with Gasteiger partial charge >= 0.3 is 0 Å². The summed E-state index contributed by atoms with van der Waals surface area (Å²) in [5.74, 6) is 0.592. The largest absolute Gasteiger partial charge is 0.320 e. The number of allylic oxidation sites excluding steroid dienone is 2. The number of aliphatic imine (C=N–C) groups is 1. The van der Waals surface area contributed by atoms with Crippen molar-refractivity contribution >= 4 is 17.4 Å². The second-order valence-corrected chi connectivity index (χ2v) is 4.76. The van der Waals surface area contributed by atoms with Gasteiger partial charge in [0.2, 0.25) is 0 Å². The Balaban J connectivity index is 1.90. The van der Waals surface area contributed by atoms with Gasteiger partial charge in [-0.1, -0.05) is 30.3 Å². The summed E-state index contributed by atoms with van der Waals surface area (Å²) in [7, 11) is 0. The molecule has 1 aromatic rings. The second kappa shape index (κ2) is 3.51. The van der Waals surface area contributed by atoms with Crippen molar-refractivity contribution in [2.24, 2.45) is 4.99 Å². The Bertz CT molecular complexity index is 700. The van der Waals surface area contributed by atoms with Gasteiger partial charge in [0.05, 0.1) is 0 Å². The normalized spacial score (nSPS) is 26.9. The molecule has 4 nitrogen and oxygen atoms in total. The molecule has 0 spiro atoms. The van der Waals surface area contributed by atoms with Crippen molar-refractivity contribution in [3.05, 3.63) is 59.8 Å². The summed E-state index contributed by atoms with van der Waals surface area (Å²) in [5, 5.41) is 0. The minimum absolute atomic E-state index is 0.0288. The predicted molar refractivity (Wildman–Crippen MR) is 70.2 cm³/mol. The van der Waals surface area contributed by atoms with Crippen LogP contribution in [0, 0.1) is 0 Å². The number of hydrogen-bond acceptors (Lipinski definition) is 4. The van der Waals surface area contributed by atoms with Crippen LogP contribution < -0.4 is 0 Å². The zero-order chi connectivity index (χ0) is 13.0. The molecule has 4 heteroatoms. The van der Waals surface area contributed by atoms with Crippen molar-refractivity contribution < 1.29 is 9.59 Å². The van der Waals surface area contributed by atoms with E-state index in [0.717, 1.165) is 0 Å². The Labute approximate surface area is 109 Å². The minimum Gasteiger partial charge on any atom is -0.320 e. The number of nitrogens with zero attached hydrogens (tertiary/aromatic N) is 2. The first-order valence-corrected chi connectivity index (χ1v) is 6.16. The molecule has 0 unspecified atom stereocenters. The molecule has 2 atom stereocenters. The molecule has 4 rings (SSSR count). The number of rotatable bonds is 0. The molecule has 92 valence electrons. The summed E-state index contributed by atoms with van der Waals surface area (Å²) in [6, 6.07) is 5.86. The zero-order valence-corrected chi connectivity index (χ0v) is 9.98. The van der Waals surface area contributed by atoms with Gasteiger partial charge in [-0.15, -0.1) is 0 Å². The van der Waals surface area contributed by atoms with Gasteiger partial charge in [0.15, 0.2) is 11.6 Å². The molecule has 0 radical (unpaired) electrons. The molecule has 19 heavy (non-hydrogen) atoms. The van der Waals surface area contributed by atoms with Gasteiger partial charge in [0.1, 0.15) is 17.9 Å². The topological polar surface area (TPSA) is 49.7 Å². The van der Waals surface area contributed by atoms with Crippen LogP contribution >= 0.6 is 0 Å². The molecule has 1 aliphatic carbocycles. The quantitative estimate of drug-likeness (QED) is 0.702. The lowest BCUT2D eigenvalue weighted by Gasteiger charge is -2.29. The monoisotopic (exact) mass is 250 g/mol. The molecular formula is C15H10N2O2. The third kappa shape index (κ3) is 1.25.